The van der Waals surface area contributed by atoms with Crippen molar-refractivity contribution in [1.29, 1.82) is 0 Å². The van der Waals surface area contributed by atoms with Crippen molar-refractivity contribution in [3.8, 4) is 0 Å². The lowest BCUT2D eigenvalue weighted by Gasteiger charge is -2.08. The largest absolute Gasteiger partial charge is 0.313 e. The fraction of sp³-hybridized carbons (Fsp3) is 0.647. The van der Waals surface area contributed by atoms with Crippen LogP contribution in [0.15, 0.2) is 18.2 Å². The molecule has 0 saturated carbocycles. The first-order valence-corrected chi connectivity index (χ1v) is 7.55. The maximum atomic E-state index is 12.9. The van der Waals surface area contributed by atoms with Gasteiger partial charge in [0.25, 0.3) is 0 Å². The fourth-order valence-electron chi connectivity index (χ4n) is 2.24. The SMILES string of the molecule is Cc1cc(F)ccc1CNCCCCCCC(C)C. The molecule has 0 aromatic heterocycles. The monoisotopic (exact) mass is 265 g/mol. The summed E-state index contributed by atoms with van der Waals surface area (Å²) in [7, 11) is 0. The summed E-state index contributed by atoms with van der Waals surface area (Å²) in [4.78, 5) is 0. The van der Waals surface area contributed by atoms with Crippen molar-refractivity contribution in [3.63, 3.8) is 0 Å². The average molecular weight is 265 g/mol. The summed E-state index contributed by atoms with van der Waals surface area (Å²) in [6.45, 7) is 8.43. The van der Waals surface area contributed by atoms with Gasteiger partial charge in [0.05, 0.1) is 0 Å². The molecule has 0 aliphatic carbocycles. The molecule has 1 N–H and O–H groups in total. The maximum absolute atomic E-state index is 12.9. The van der Waals surface area contributed by atoms with E-state index in [2.05, 4.69) is 19.2 Å². The third-order valence-electron chi connectivity index (χ3n) is 3.51. The van der Waals surface area contributed by atoms with Crippen LogP contribution in [0.2, 0.25) is 0 Å². The first kappa shape index (κ1) is 16.2. The standard InChI is InChI=1S/C17H28FN/c1-14(2)8-6-4-5-7-11-19-13-16-9-10-17(18)12-15(16)3/h9-10,12,14,19H,4-8,11,13H2,1-3H3. The van der Waals surface area contributed by atoms with Crippen LogP contribution < -0.4 is 5.32 Å². The minimum atomic E-state index is -0.147. The van der Waals surface area contributed by atoms with Crippen LogP contribution in [0.3, 0.4) is 0 Å². The number of aryl methyl sites for hydroxylation is 1. The molecule has 0 aliphatic heterocycles. The maximum Gasteiger partial charge on any atom is 0.123 e. The zero-order valence-electron chi connectivity index (χ0n) is 12.6. The highest BCUT2D eigenvalue weighted by atomic mass is 19.1. The van der Waals surface area contributed by atoms with Crippen LogP contribution in [0.5, 0.6) is 0 Å². The lowest BCUT2D eigenvalue weighted by atomic mass is 10.0. The molecule has 0 bridgehead atoms. The van der Waals surface area contributed by atoms with Gasteiger partial charge in [0, 0.05) is 6.54 Å². The summed E-state index contributed by atoms with van der Waals surface area (Å²) >= 11 is 0. The smallest absolute Gasteiger partial charge is 0.123 e. The molecule has 0 unspecified atom stereocenters. The van der Waals surface area contributed by atoms with E-state index < -0.39 is 0 Å². The van der Waals surface area contributed by atoms with E-state index in [1.807, 2.05) is 13.0 Å². The molecule has 0 fully saturated rings. The minimum Gasteiger partial charge on any atom is -0.313 e. The van der Waals surface area contributed by atoms with Gasteiger partial charge in [-0.1, -0.05) is 45.6 Å². The van der Waals surface area contributed by atoms with Crippen molar-refractivity contribution < 1.29 is 4.39 Å². The topological polar surface area (TPSA) is 12.0 Å². The molecular formula is C17H28FN. The molecule has 0 amide bonds. The van der Waals surface area contributed by atoms with E-state index in [4.69, 9.17) is 0 Å². The molecule has 1 aromatic rings. The summed E-state index contributed by atoms with van der Waals surface area (Å²) in [6.07, 6.45) is 6.59. The summed E-state index contributed by atoms with van der Waals surface area (Å²) in [5.74, 6) is 0.686. The number of unbranched alkanes of at least 4 members (excludes halogenated alkanes) is 3. The summed E-state index contributed by atoms with van der Waals surface area (Å²) in [5, 5.41) is 3.44. The van der Waals surface area contributed by atoms with E-state index in [0.717, 1.165) is 24.6 Å². The molecule has 2 heteroatoms. The van der Waals surface area contributed by atoms with Crippen molar-refractivity contribution in [2.24, 2.45) is 5.92 Å². The number of rotatable bonds is 9. The van der Waals surface area contributed by atoms with Crippen LogP contribution in [0.25, 0.3) is 0 Å². The lowest BCUT2D eigenvalue weighted by molar-refractivity contribution is 0.512. The first-order valence-electron chi connectivity index (χ1n) is 7.55. The Hall–Kier alpha value is -0.890. The summed E-state index contributed by atoms with van der Waals surface area (Å²) in [5.41, 5.74) is 2.23. The summed E-state index contributed by atoms with van der Waals surface area (Å²) < 4.78 is 12.9. The molecule has 0 radical (unpaired) electrons. The molecule has 0 atom stereocenters. The second kappa shape index (κ2) is 9.08. The fourth-order valence-corrected chi connectivity index (χ4v) is 2.24. The highest BCUT2D eigenvalue weighted by molar-refractivity contribution is 5.26. The van der Waals surface area contributed by atoms with Gasteiger partial charge in [-0.3, -0.25) is 0 Å². The van der Waals surface area contributed by atoms with Crippen molar-refractivity contribution in [2.45, 2.75) is 59.4 Å². The number of hydrogen-bond donors (Lipinski definition) is 1. The van der Waals surface area contributed by atoms with Crippen molar-refractivity contribution in [3.05, 3.63) is 35.1 Å². The van der Waals surface area contributed by atoms with Crippen molar-refractivity contribution in [1.82, 2.24) is 5.32 Å². The normalized spacial score (nSPS) is 11.2. The van der Waals surface area contributed by atoms with Gasteiger partial charge in [0.2, 0.25) is 0 Å². The van der Waals surface area contributed by atoms with Crippen LogP contribution in [-0.4, -0.2) is 6.54 Å². The van der Waals surface area contributed by atoms with Gasteiger partial charge in [0.15, 0.2) is 0 Å². The predicted molar refractivity (Wildman–Crippen MR) is 80.8 cm³/mol. The average Bonchev–Trinajstić information content (AvgIpc) is 2.34. The molecule has 19 heavy (non-hydrogen) atoms. The molecule has 1 rings (SSSR count). The zero-order valence-corrected chi connectivity index (χ0v) is 12.6. The Balaban J connectivity index is 2.04. The van der Waals surface area contributed by atoms with E-state index in [9.17, 15) is 4.39 Å². The Bertz CT molecular complexity index is 360. The molecule has 1 nitrogen and oxygen atoms in total. The van der Waals surface area contributed by atoms with Crippen LogP contribution >= 0.6 is 0 Å². The minimum absolute atomic E-state index is 0.147. The van der Waals surface area contributed by atoms with Crippen LogP contribution in [-0.2, 0) is 6.54 Å². The third-order valence-corrected chi connectivity index (χ3v) is 3.51. The zero-order chi connectivity index (χ0) is 14.1. The Kier molecular flexibility index (Phi) is 7.73. The van der Waals surface area contributed by atoms with Crippen molar-refractivity contribution >= 4 is 0 Å². The predicted octanol–water partition coefficient (Wildman–Crippen LogP) is 4.83. The Labute approximate surface area is 117 Å². The van der Waals surface area contributed by atoms with E-state index in [1.165, 1.54) is 43.7 Å². The second-order valence-corrected chi connectivity index (χ2v) is 5.84. The van der Waals surface area contributed by atoms with Crippen LogP contribution in [0.4, 0.5) is 4.39 Å². The second-order valence-electron chi connectivity index (χ2n) is 5.84. The molecule has 0 spiro atoms. The number of halogens is 1. The Morgan fingerprint density at radius 1 is 1.11 bits per heavy atom. The van der Waals surface area contributed by atoms with E-state index in [-0.39, 0.29) is 5.82 Å². The molecular weight excluding hydrogens is 237 g/mol. The van der Waals surface area contributed by atoms with Gasteiger partial charge >= 0.3 is 0 Å². The van der Waals surface area contributed by atoms with Gasteiger partial charge < -0.3 is 5.32 Å². The Morgan fingerprint density at radius 3 is 2.53 bits per heavy atom. The number of benzene rings is 1. The number of nitrogens with one attached hydrogen (secondary N) is 1. The van der Waals surface area contributed by atoms with Gasteiger partial charge in [-0.2, -0.15) is 0 Å². The van der Waals surface area contributed by atoms with E-state index in [1.54, 1.807) is 6.07 Å². The van der Waals surface area contributed by atoms with Gasteiger partial charge in [-0.15, -0.1) is 0 Å². The molecule has 108 valence electrons. The molecule has 1 aromatic carbocycles. The van der Waals surface area contributed by atoms with Crippen LogP contribution in [0.1, 0.15) is 57.1 Å². The molecule has 0 aliphatic rings. The molecule has 0 heterocycles. The third kappa shape index (κ3) is 7.31. The van der Waals surface area contributed by atoms with Gasteiger partial charge in [-0.25, -0.2) is 4.39 Å². The summed E-state index contributed by atoms with van der Waals surface area (Å²) in [6, 6.07) is 5.01. The Morgan fingerprint density at radius 2 is 1.84 bits per heavy atom. The lowest BCUT2D eigenvalue weighted by Crippen LogP contribution is -2.15. The highest BCUT2D eigenvalue weighted by Crippen LogP contribution is 2.11. The van der Waals surface area contributed by atoms with Gasteiger partial charge in [-0.05, 0) is 49.1 Å². The number of hydrogen-bond acceptors (Lipinski definition) is 1. The van der Waals surface area contributed by atoms with Crippen LogP contribution in [0, 0.1) is 18.7 Å². The van der Waals surface area contributed by atoms with E-state index >= 15 is 0 Å². The van der Waals surface area contributed by atoms with Crippen molar-refractivity contribution in [2.75, 3.05) is 6.54 Å². The first-order chi connectivity index (χ1) is 9.09. The quantitative estimate of drug-likeness (QED) is 0.631. The molecule has 0 saturated heterocycles. The van der Waals surface area contributed by atoms with Gasteiger partial charge in [0.1, 0.15) is 5.82 Å². The van der Waals surface area contributed by atoms with E-state index in [0.29, 0.717) is 0 Å². The highest BCUT2D eigenvalue weighted by Gasteiger charge is 1.99.